The number of nitrogens with one attached hydrogen (secondary N) is 2. The molecule has 11 heteroatoms. The van der Waals surface area contributed by atoms with E-state index >= 15 is 0 Å². The van der Waals surface area contributed by atoms with Crippen molar-refractivity contribution in [2.45, 2.75) is 0 Å². The van der Waals surface area contributed by atoms with Gasteiger partial charge in [0.1, 0.15) is 18.0 Å². The van der Waals surface area contributed by atoms with E-state index in [1.54, 1.807) is 17.5 Å². The standard InChI is InChI=1S/C15H10Br2N4O4S/c16-8-3-7(12(23)9(17)5-8)4-10-13(24)21(15(25)19-10)6-11(22)20-14-18-1-2-26-14/h1-5,23H,6H2,(H,19,25)(H,18,20,22)/b10-4-. The summed E-state index contributed by atoms with van der Waals surface area (Å²) in [5.41, 5.74) is 0.279. The second-order valence-electron chi connectivity index (χ2n) is 5.09. The van der Waals surface area contributed by atoms with Crippen LogP contribution in [0.2, 0.25) is 0 Å². The molecule has 26 heavy (non-hydrogen) atoms. The molecule has 3 rings (SSSR count). The number of benzene rings is 1. The first kappa shape index (κ1) is 18.5. The van der Waals surface area contributed by atoms with Crippen LogP contribution in [0.3, 0.4) is 0 Å². The molecule has 0 atom stereocenters. The van der Waals surface area contributed by atoms with Gasteiger partial charge in [-0.25, -0.2) is 14.7 Å². The smallest absolute Gasteiger partial charge is 0.329 e. The molecule has 1 aliphatic rings. The van der Waals surface area contributed by atoms with Gasteiger partial charge in [0, 0.05) is 21.6 Å². The Morgan fingerprint density at radius 2 is 2.15 bits per heavy atom. The average Bonchev–Trinajstić information content (AvgIpc) is 3.16. The van der Waals surface area contributed by atoms with Gasteiger partial charge in [-0.05, 0) is 34.1 Å². The zero-order chi connectivity index (χ0) is 18.8. The van der Waals surface area contributed by atoms with E-state index in [2.05, 4.69) is 47.5 Å². The third kappa shape index (κ3) is 3.94. The number of anilines is 1. The summed E-state index contributed by atoms with van der Waals surface area (Å²) in [6, 6.07) is 2.51. The van der Waals surface area contributed by atoms with E-state index in [4.69, 9.17) is 0 Å². The van der Waals surface area contributed by atoms with Gasteiger partial charge in [0.05, 0.1) is 4.47 Å². The molecular formula is C15H10Br2N4O4S. The van der Waals surface area contributed by atoms with Crippen molar-refractivity contribution in [1.29, 1.82) is 0 Å². The summed E-state index contributed by atoms with van der Waals surface area (Å²) in [4.78, 5) is 41.1. The quantitative estimate of drug-likeness (QED) is 0.440. The van der Waals surface area contributed by atoms with E-state index in [1.165, 1.54) is 23.6 Å². The van der Waals surface area contributed by atoms with Crippen LogP contribution in [0.5, 0.6) is 5.75 Å². The zero-order valence-electron chi connectivity index (χ0n) is 12.8. The lowest BCUT2D eigenvalue weighted by atomic mass is 10.1. The summed E-state index contributed by atoms with van der Waals surface area (Å²) in [5.74, 6) is -1.29. The zero-order valence-corrected chi connectivity index (χ0v) is 16.8. The van der Waals surface area contributed by atoms with Crippen LogP contribution in [0, 0.1) is 0 Å². The number of imide groups is 1. The van der Waals surface area contributed by atoms with E-state index < -0.39 is 24.4 Å². The fraction of sp³-hybridized carbons (Fsp3) is 0.0667. The van der Waals surface area contributed by atoms with Crippen LogP contribution in [0.4, 0.5) is 9.93 Å². The Labute approximate surface area is 168 Å². The number of phenolic OH excluding ortho intramolecular Hbond substituents is 1. The largest absolute Gasteiger partial charge is 0.506 e. The van der Waals surface area contributed by atoms with Crippen LogP contribution in [0.1, 0.15) is 5.56 Å². The Morgan fingerprint density at radius 3 is 2.85 bits per heavy atom. The molecule has 1 aromatic heterocycles. The van der Waals surface area contributed by atoms with Crippen molar-refractivity contribution < 1.29 is 19.5 Å². The summed E-state index contributed by atoms with van der Waals surface area (Å²) in [5, 5.41) is 17.0. The molecule has 1 aliphatic heterocycles. The number of phenols is 1. The predicted molar refractivity (Wildman–Crippen MR) is 102 cm³/mol. The van der Waals surface area contributed by atoms with E-state index in [1.807, 2.05) is 0 Å². The Morgan fingerprint density at radius 1 is 1.38 bits per heavy atom. The molecule has 0 spiro atoms. The van der Waals surface area contributed by atoms with Crippen molar-refractivity contribution in [1.82, 2.24) is 15.2 Å². The predicted octanol–water partition coefficient (Wildman–Crippen LogP) is 2.91. The molecule has 0 radical (unpaired) electrons. The van der Waals surface area contributed by atoms with Gasteiger partial charge in [-0.1, -0.05) is 15.9 Å². The maximum Gasteiger partial charge on any atom is 0.329 e. The number of aromatic hydroxyl groups is 1. The molecule has 0 saturated carbocycles. The third-order valence-electron chi connectivity index (χ3n) is 3.30. The van der Waals surface area contributed by atoms with Crippen molar-refractivity contribution in [3.8, 4) is 5.75 Å². The van der Waals surface area contributed by atoms with Gasteiger partial charge in [-0.15, -0.1) is 11.3 Å². The normalized spacial score (nSPS) is 15.5. The van der Waals surface area contributed by atoms with Crippen LogP contribution in [0.25, 0.3) is 6.08 Å². The van der Waals surface area contributed by atoms with Gasteiger partial charge >= 0.3 is 6.03 Å². The van der Waals surface area contributed by atoms with E-state index in [0.29, 0.717) is 19.6 Å². The van der Waals surface area contributed by atoms with Gasteiger partial charge in [0.25, 0.3) is 5.91 Å². The molecule has 0 unspecified atom stereocenters. The van der Waals surface area contributed by atoms with Crippen LogP contribution in [0.15, 0.2) is 38.4 Å². The van der Waals surface area contributed by atoms with Crippen molar-refractivity contribution in [2.75, 3.05) is 11.9 Å². The highest BCUT2D eigenvalue weighted by Crippen LogP contribution is 2.33. The van der Waals surface area contributed by atoms with Crippen molar-refractivity contribution in [3.05, 3.63) is 43.9 Å². The molecule has 8 nitrogen and oxygen atoms in total. The second kappa shape index (κ2) is 7.56. The number of hydrogen-bond donors (Lipinski definition) is 3. The number of aromatic nitrogens is 1. The van der Waals surface area contributed by atoms with Crippen molar-refractivity contribution >= 4 is 72.2 Å². The molecule has 3 N–H and O–H groups in total. The SMILES string of the molecule is O=C(CN1C(=O)N/C(=C\c2cc(Br)cc(Br)c2O)C1=O)Nc1nccs1. The summed E-state index contributed by atoms with van der Waals surface area (Å²) < 4.78 is 1.10. The number of hydrogen-bond acceptors (Lipinski definition) is 6. The number of nitrogens with zero attached hydrogens (tertiary/aromatic N) is 2. The highest BCUT2D eigenvalue weighted by Gasteiger charge is 2.35. The fourth-order valence-electron chi connectivity index (χ4n) is 2.15. The number of thiazole rings is 1. The van der Waals surface area contributed by atoms with Crippen LogP contribution in [-0.2, 0) is 9.59 Å². The molecule has 2 heterocycles. The van der Waals surface area contributed by atoms with Crippen LogP contribution >= 0.6 is 43.2 Å². The molecule has 0 aliphatic carbocycles. The van der Waals surface area contributed by atoms with Crippen LogP contribution in [-0.4, -0.2) is 39.4 Å². The first-order valence-corrected chi connectivity index (χ1v) is 9.53. The lowest BCUT2D eigenvalue weighted by molar-refractivity contribution is -0.127. The van der Waals surface area contributed by atoms with Gasteiger partial charge in [0.15, 0.2) is 5.13 Å². The van der Waals surface area contributed by atoms with E-state index in [9.17, 15) is 19.5 Å². The van der Waals surface area contributed by atoms with Crippen molar-refractivity contribution in [3.63, 3.8) is 0 Å². The maximum absolute atomic E-state index is 12.4. The molecule has 1 aromatic carbocycles. The number of rotatable bonds is 4. The molecule has 134 valence electrons. The minimum atomic E-state index is -0.718. The summed E-state index contributed by atoms with van der Waals surface area (Å²) in [7, 11) is 0. The lowest BCUT2D eigenvalue weighted by Crippen LogP contribution is -2.38. The molecule has 1 fully saturated rings. The molecule has 0 bridgehead atoms. The highest BCUT2D eigenvalue weighted by molar-refractivity contribution is 9.11. The first-order valence-electron chi connectivity index (χ1n) is 7.07. The minimum absolute atomic E-state index is 0.0441. The fourth-order valence-corrected chi connectivity index (χ4v) is 3.96. The summed E-state index contributed by atoms with van der Waals surface area (Å²) in [6.45, 7) is -0.449. The average molecular weight is 502 g/mol. The topological polar surface area (TPSA) is 112 Å². The molecular weight excluding hydrogens is 492 g/mol. The van der Waals surface area contributed by atoms with Gasteiger partial charge < -0.3 is 15.7 Å². The Kier molecular flexibility index (Phi) is 5.39. The number of carbonyl (C=O) groups excluding carboxylic acids is 3. The Hall–Kier alpha value is -2.24. The maximum atomic E-state index is 12.4. The molecule has 2 aromatic rings. The number of halogens is 2. The third-order valence-corrected chi connectivity index (χ3v) is 5.05. The highest BCUT2D eigenvalue weighted by atomic mass is 79.9. The van der Waals surface area contributed by atoms with Gasteiger partial charge in [-0.3, -0.25) is 9.59 Å². The van der Waals surface area contributed by atoms with Gasteiger partial charge in [0.2, 0.25) is 5.91 Å². The second-order valence-corrected chi connectivity index (χ2v) is 7.75. The van der Waals surface area contributed by atoms with Gasteiger partial charge in [-0.2, -0.15) is 0 Å². The lowest BCUT2D eigenvalue weighted by Gasteiger charge is -2.10. The first-order chi connectivity index (χ1) is 12.3. The molecule has 4 amide bonds. The van der Waals surface area contributed by atoms with E-state index in [0.717, 1.165) is 4.90 Å². The Balaban J connectivity index is 1.77. The van der Waals surface area contributed by atoms with Crippen molar-refractivity contribution in [2.24, 2.45) is 0 Å². The van der Waals surface area contributed by atoms with E-state index in [-0.39, 0.29) is 11.4 Å². The number of amides is 4. The summed E-state index contributed by atoms with van der Waals surface area (Å²) in [6.07, 6.45) is 2.86. The number of carbonyl (C=O) groups is 3. The number of urea groups is 1. The van der Waals surface area contributed by atoms with Crippen LogP contribution < -0.4 is 10.6 Å². The monoisotopic (exact) mass is 500 g/mol. The molecule has 1 saturated heterocycles. The summed E-state index contributed by atoms with van der Waals surface area (Å²) >= 11 is 7.70. The Bertz CT molecular complexity index is 930. The minimum Gasteiger partial charge on any atom is -0.506 e.